The van der Waals surface area contributed by atoms with Crippen molar-refractivity contribution in [3.8, 4) is 5.75 Å². The van der Waals surface area contributed by atoms with Crippen LogP contribution < -0.4 is 14.8 Å². The number of unbranched alkanes of at least 4 members (excludes halogenated alkanes) is 1. The molecule has 45 heavy (non-hydrogen) atoms. The summed E-state index contributed by atoms with van der Waals surface area (Å²) in [6, 6.07) is 26.2. The van der Waals surface area contributed by atoms with Crippen molar-refractivity contribution >= 4 is 39.1 Å². The van der Waals surface area contributed by atoms with E-state index in [-0.39, 0.29) is 35.4 Å². The van der Waals surface area contributed by atoms with Gasteiger partial charge in [0.2, 0.25) is 5.91 Å². The van der Waals surface area contributed by atoms with E-state index in [1.54, 1.807) is 24.3 Å². The number of nitrogens with zero attached hydrogens (tertiary/aromatic N) is 1. The van der Waals surface area contributed by atoms with E-state index in [1.165, 1.54) is 41.3 Å². The predicted molar refractivity (Wildman–Crippen MR) is 173 cm³/mol. The van der Waals surface area contributed by atoms with Crippen molar-refractivity contribution in [2.24, 2.45) is 0 Å². The molecular formula is C34H35ClFN3O5S. The first-order chi connectivity index (χ1) is 21.6. The molecule has 0 aliphatic carbocycles. The fourth-order valence-electron chi connectivity index (χ4n) is 4.52. The minimum absolute atomic E-state index is 0.0402. The molecule has 4 aromatic carbocycles. The summed E-state index contributed by atoms with van der Waals surface area (Å²) < 4.78 is 46.9. The summed E-state index contributed by atoms with van der Waals surface area (Å²) in [4.78, 5) is 28.7. The summed E-state index contributed by atoms with van der Waals surface area (Å²) in [6.45, 7) is 2.28. The van der Waals surface area contributed by atoms with Gasteiger partial charge in [-0.2, -0.15) is 0 Å². The standard InChI is InChI=1S/C34H35ClFN3O5S/c1-2-3-21-37-34(41)32(22-25-7-5-4-6-8-25)39(23-26-9-11-27(35)12-10-26)33(40)24-44-30-17-19-31(20-18-30)45(42,43)38-29-15-13-28(36)14-16-29/h4-20,32,38H,2-3,21-24H2,1H3,(H,37,41)/t32-/m0/s1. The molecule has 0 saturated heterocycles. The van der Waals surface area contributed by atoms with Crippen LogP contribution in [0.4, 0.5) is 10.1 Å². The van der Waals surface area contributed by atoms with Gasteiger partial charge < -0.3 is 15.0 Å². The summed E-state index contributed by atoms with van der Waals surface area (Å²) >= 11 is 6.09. The van der Waals surface area contributed by atoms with E-state index in [2.05, 4.69) is 10.0 Å². The van der Waals surface area contributed by atoms with E-state index in [1.807, 2.05) is 37.3 Å². The molecule has 0 radical (unpaired) electrons. The smallest absolute Gasteiger partial charge is 0.261 e. The Bertz CT molecular complexity index is 1650. The van der Waals surface area contributed by atoms with Gasteiger partial charge in [0.15, 0.2) is 6.61 Å². The molecule has 0 aromatic heterocycles. The highest BCUT2D eigenvalue weighted by molar-refractivity contribution is 7.92. The van der Waals surface area contributed by atoms with Crippen LogP contribution in [0.1, 0.15) is 30.9 Å². The Labute approximate surface area is 268 Å². The third kappa shape index (κ3) is 10.1. The molecule has 0 aliphatic heterocycles. The zero-order valence-electron chi connectivity index (χ0n) is 24.8. The minimum Gasteiger partial charge on any atom is -0.484 e. The van der Waals surface area contributed by atoms with E-state index >= 15 is 0 Å². The lowest BCUT2D eigenvalue weighted by Crippen LogP contribution is -2.51. The average molecular weight is 652 g/mol. The second kappa shape index (κ2) is 16.1. The van der Waals surface area contributed by atoms with Crippen LogP contribution >= 0.6 is 11.6 Å². The lowest BCUT2D eigenvalue weighted by Gasteiger charge is -2.31. The highest BCUT2D eigenvalue weighted by atomic mass is 35.5. The Hall–Kier alpha value is -4.41. The monoisotopic (exact) mass is 651 g/mol. The zero-order valence-corrected chi connectivity index (χ0v) is 26.4. The van der Waals surface area contributed by atoms with Crippen molar-refractivity contribution in [3.63, 3.8) is 0 Å². The van der Waals surface area contributed by atoms with Gasteiger partial charge in [-0.05, 0) is 78.2 Å². The van der Waals surface area contributed by atoms with Gasteiger partial charge in [-0.1, -0.05) is 67.4 Å². The van der Waals surface area contributed by atoms with Crippen molar-refractivity contribution in [1.29, 1.82) is 0 Å². The summed E-state index contributed by atoms with van der Waals surface area (Å²) in [5.41, 5.74) is 1.90. The summed E-state index contributed by atoms with van der Waals surface area (Å²) in [5.74, 6) is -0.907. The van der Waals surface area contributed by atoms with Gasteiger partial charge in [0.05, 0.1) is 4.90 Å². The first-order valence-corrected chi connectivity index (χ1v) is 16.4. The molecular weight excluding hydrogens is 617 g/mol. The predicted octanol–water partition coefficient (Wildman–Crippen LogP) is 6.22. The number of halogens is 2. The summed E-state index contributed by atoms with van der Waals surface area (Å²) in [6.07, 6.45) is 2.02. The van der Waals surface area contributed by atoms with Gasteiger partial charge >= 0.3 is 0 Å². The number of sulfonamides is 1. The van der Waals surface area contributed by atoms with Crippen LogP contribution in [0.15, 0.2) is 108 Å². The highest BCUT2D eigenvalue weighted by Crippen LogP contribution is 2.21. The van der Waals surface area contributed by atoms with Crippen LogP contribution in [0.5, 0.6) is 5.75 Å². The molecule has 2 N–H and O–H groups in total. The fourth-order valence-corrected chi connectivity index (χ4v) is 5.71. The molecule has 4 aromatic rings. The highest BCUT2D eigenvalue weighted by Gasteiger charge is 2.30. The van der Waals surface area contributed by atoms with Gasteiger partial charge in [-0.3, -0.25) is 14.3 Å². The Balaban J connectivity index is 1.52. The third-order valence-corrected chi connectivity index (χ3v) is 8.61. The molecule has 4 rings (SSSR count). The van der Waals surface area contributed by atoms with Gasteiger partial charge in [0.1, 0.15) is 17.6 Å². The normalized spacial score (nSPS) is 11.8. The molecule has 2 amide bonds. The lowest BCUT2D eigenvalue weighted by atomic mass is 10.0. The van der Waals surface area contributed by atoms with E-state index in [0.29, 0.717) is 18.0 Å². The van der Waals surface area contributed by atoms with E-state index in [9.17, 15) is 22.4 Å². The molecule has 0 heterocycles. The molecule has 0 unspecified atom stereocenters. The number of ether oxygens (including phenoxy) is 1. The molecule has 236 valence electrons. The van der Waals surface area contributed by atoms with E-state index in [0.717, 1.165) is 36.1 Å². The number of hydrogen-bond donors (Lipinski definition) is 2. The van der Waals surface area contributed by atoms with Crippen LogP contribution in [0.3, 0.4) is 0 Å². The third-order valence-electron chi connectivity index (χ3n) is 6.96. The van der Waals surface area contributed by atoms with Crippen molar-refractivity contribution in [1.82, 2.24) is 10.2 Å². The molecule has 1 atom stereocenters. The molecule has 0 spiro atoms. The zero-order chi connectivity index (χ0) is 32.2. The van der Waals surface area contributed by atoms with Gasteiger partial charge in [0.25, 0.3) is 15.9 Å². The Morgan fingerprint density at radius 3 is 2.20 bits per heavy atom. The van der Waals surface area contributed by atoms with Crippen LogP contribution in [-0.2, 0) is 32.6 Å². The maximum absolute atomic E-state index is 13.8. The van der Waals surface area contributed by atoms with Crippen molar-refractivity contribution in [2.45, 2.75) is 43.7 Å². The van der Waals surface area contributed by atoms with Crippen LogP contribution in [0.2, 0.25) is 5.02 Å². The number of carbonyl (C=O) groups is 2. The second-order valence-corrected chi connectivity index (χ2v) is 12.5. The maximum atomic E-state index is 13.8. The first kappa shape index (κ1) is 33.5. The van der Waals surface area contributed by atoms with E-state index < -0.39 is 27.8 Å². The first-order valence-electron chi connectivity index (χ1n) is 14.5. The average Bonchev–Trinajstić information content (AvgIpc) is 3.04. The van der Waals surface area contributed by atoms with Gasteiger partial charge in [-0.15, -0.1) is 0 Å². The Morgan fingerprint density at radius 1 is 0.889 bits per heavy atom. The number of benzene rings is 4. The molecule has 0 saturated carbocycles. The van der Waals surface area contributed by atoms with Crippen LogP contribution in [0.25, 0.3) is 0 Å². The quantitative estimate of drug-likeness (QED) is 0.149. The van der Waals surface area contributed by atoms with Crippen molar-refractivity contribution in [2.75, 3.05) is 17.9 Å². The minimum atomic E-state index is -3.94. The number of rotatable bonds is 15. The molecule has 0 bridgehead atoms. The largest absolute Gasteiger partial charge is 0.484 e. The number of anilines is 1. The van der Waals surface area contributed by atoms with Gasteiger partial charge in [0, 0.05) is 30.2 Å². The number of carbonyl (C=O) groups excluding carboxylic acids is 2. The van der Waals surface area contributed by atoms with Crippen LogP contribution in [-0.4, -0.2) is 44.3 Å². The second-order valence-electron chi connectivity index (χ2n) is 10.4. The van der Waals surface area contributed by atoms with E-state index in [4.69, 9.17) is 16.3 Å². The van der Waals surface area contributed by atoms with Crippen LogP contribution in [0, 0.1) is 5.82 Å². The number of nitrogens with one attached hydrogen (secondary N) is 2. The van der Waals surface area contributed by atoms with Crippen molar-refractivity contribution in [3.05, 3.63) is 125 Å². The number of amides is 2. The van der Waals surface area contributed by atoms with Gasteiger partial charge in [-0.25, -0.2) is 12.8 Å². The lowest BCUT2D eigenvalue weighted by molar-refractivity contribution is -0.142. The fraction of sp³-hybridized carbons (Fsp3) is 0.235. The number of hydrogen-bond acceptors (Lipinski definition) is 5. The van der Waals surface area contributed by atoms with Crippen molar-refractivity contribution < 1.29 is 27.1 Å². The Kier molecular flexibility index (Phi) is 11.9. The summed E-state index contributed by atoms with van der Waals surface area (Å²) in [5, 5.41) is 3.52. The Morgan fingerprint density at radius 2 is 1.56 bits per heavy atom. The SMILES string of the molecule is CCCCNC(=O)[C@H](Cc1ccccc1)N(Cc1ccc(Cl)cc1)C(=O)COc1ccc(S(=O)(=O)Nc2ccc(F)cc2)cc1. The molecule has 0 fully saturated rings. The summed E-state index contributed by atoms with van der Waals surface area (Å²) in [7, 11) is -3.94. The topological polar surface area (TPSA) is 105 Å². The molecule has 0 aliphatic rings. The molecule has 11 heteroatoms. The molecule has 8 nitrogen and oxygen atoms in total. The maximum Gasteiger partial charge on any atom is 0.261 e.